The summed E-state index contributed by atoms with van der Waals surface area (Å²) in [5.41, 5.74) is 0.996. The first-order valence-corrected chi connectivity index (χ1v) is 8.59. The van der Waals surface area contributed by atoms with Crippen LogP contribution in [0.5, 0.6) is 0 Å². The van der Waals surface area contributed by atoms with E-state index in [4.69, 9.17) is 0 Å². The highest BCUT2D eigenvalue weighted by atomic mass is 16.3. The van der Waals surface area contributed by atoms with Crippen LogP contribution in [-0.2, 0) is 4.79 Å². The van der Waals surface area contributed by atoms with Crippen LogP contribution >= 0.6 is 0 Å². The highest BCUT2D eigenvalue weighted by Crippen LogP contribution is 2.25. The zero-order valence-electron chi connectivity index (χ0n) is 15.0. The van der Waals surface area contributed by atoms with Crippen LogP contribution in [-0.4, -0.2) is 36.1 Å². The van der Waals surface area contributed by atoms with E-state index in [0.29, 0.717) is 18.5 Å². The van der Waals surface area contributed by atoms with Crippen molar-refractivity contribution in [2.24, 2.45) is 11.3 Å². The Balaban J connectivity index is 1.97. The number of rotatable bonds is 6. The van der Waals surface area contributed by atoms with E-state index in [1.54, 1.807) is 17.0 Å². The monoisotopic (exact) mass is 332 g/mol. The van der Waals surface area contributed by atoms with E-state index in [1.807, 2.05) is 39.8 Å². The van der Waals surface area contributed by atoms with Crippen molar-refractivity contribution in [3.05, 3.63) is 29.8 Å². The number of hydrogen-bond acceptors (Lipinski definition) is 3. The Morgan fingerprint density at radius 1 is 1.29 bits per heavy atom. The molecule has 132 valence electrons. The summed E-state index contributed by atoms with van der Waals surface area (Å²) >= 11 is 0. The predicted octanol–water partition coefficient (Wildman–Crippen LogP) is 2.59. The molecule has 1 aliphatic rings. The molecule has 0 aromatic heterocycles. The van der Waals surface area contributed by atoms with Crippen LogP contribution in [0.4, 0.5) is 5.69 Å². The number of hydrogen-bond donors (Lipinski definition) is 2. The number of benzene rings is 1. The summed E-state index contributed by atoms with van der Waals surface area (Å²) in [5, 5.41) is 13.1. The summed E-state index contributed by atoms with van der Waals surface area (Å²) in [4.78, 5) is 25.8. The van der Waals surface area contributed by atoms with Crippen molar-refractivity contribution >= 4 is 17.5 Å². The van der Waals surface area contributed by atoms with E-state index in [2.05, 4.69) is 5.32 Å². The molecule has 1 atom stereocenters. The lowest BCUT2D eigenvalue weighted by molar-refractivity contribution is -0.117. The Morgan fingerprint density at radius 2 is 1.92 bits per heavy atom. The standard InChI is InChI=1S/C19H28N2O3/c1-13(2)17(23)19(3,4)12-20-18(24)14-7-9-15(10-8-14)21-11-5-6-16(21)22/h7-10,13,17,23H,5-6,11-12H2,1-4H3,(H,20,24). The second-order valence-corrected chi connectivity index (χ2v) is 7.56. The number of amides is 2. The maximum atomic E-state index is 12.3. The van der Waals surface area contributed by atoms with Gasteiger partial charge >= 0.3 is 0 Å². The van der Waals surface area contributed by atoms with Gasteiger partial charge in [-0.3, -0.25) is 9.59 Å². The summed E-state index contributed by atoms with van der Waals surface area (Å²) in [5.74, 6) is 0.101. The summed E-state index contributed by atoms with van der Waals surface area (Å²) in [6, 6.07) is 7.10. The molecule has 1 unspecified atom stereocenters. The van der Waals surface area contributed by atoms with Gasteiger partial charge in [-0.2, -0.15) is 0 Å². The SMILES string of the molecule is CC(C)C(O)C(C)(C)CNC(=O)c1ccc(N2CCCC2=O)cc1. The first kappa shape index (κ1) is 18.5. The quantitative estimate of drug-likeness (QED) is 0.841. The first-order chi connectivity index (χ1) is 11.2. The van der Waals surface area contributed by atoms with Gasteiger partial charge in [-0.05, 0) is 36.6 Å². The molecular weight excluding hydrogens is 304 g/mol. The van der Waals surface area contributed by atoms with Gasteiger partial charge in [0.15, 0.2) is 0 Å². The van der Waals surface area contributed by atoms with E-state index >= 15 is 0 Å². The van der Waals surface area contributed by atoms with Crippen LogP contribution in [0.1, 0.15) is 50.9 Å². The third-order valence-electron chi connectivity index (χ3n) is 4.65. The van der Waals surface area contributed by atoms with E-state index < -0.39 is 11.5 Å². The van der Waals surface area contributed by atoms with Crippen LogP contribution < -0.4 is 10.2 Å². The van der Waals surface area contributed by atoms with Gasteiger partial charge in [0, 0.05) is 36.2 Å². The Morgan fingerprint density at radius 3 is 2.42 bits per heavy atom. The van der Waals surface area contributed by atoms with Crippen molar-refractivity contribution in [3.63, 3.8) is 0 Å². The van der Waals surface area contributed by atoms with Crippen LogP contribution in [0.2, 0.25) is 0 Å². The predicted molar refractivity (Wildman–Crippen MR) is 95.0 cm³/mol. The van der Waals surface area contributed by atoms with Crippen molar-refractivity contribution in [2.45, 2.75) is 46.6 Å². The number of carbonyl (C=O) groups is 2. The van der Waals surface area contributed by atoms with Crippen molar-refractivity contribution in [1.82, 2.24) is 5.32 Å². The molecule has 1 aromatic carbocycles. The van der Waals surface area contributed by atoms with E-state index in [0.717, 1.165) is 18.7 Å². The molecule has 0 spiro atoms. The summed E-state index contributed by atoms with van der Waals surface area (Å²) < 4.78 is 0. The molecule has 0 bridgehead atoms. The third kappa shape index (κ3) is 4.15. The molecule has 0 radical (unpaired) electrons. The number of aliphatic hydroxyl groups excluding tert-OH is 1. The van der Waals surface area contributed by atoms with Gasteiger partial charge in [0.25, 0.3) is 5.91 Å². The number of nitrogens with zero attached hydrogens (tertiary/aromatic N) is 1. The fourth-order valence-electron chi connectivity index (χ4n) is 3.13. The maximum Gasteiger partial charge on any atom is 0.251 e. The Kier molecular flexibility index (Phi) is 5.65. The smallest absolute Gasteiger partial charge is 0.251 e. The summed E-state index contributed by atoms with van der Waals surface area (Å²) in [6.45, 7) is 8.96. The minimum atomic E-state index is -0.485. The summed E-state index contributed by atoms with van der Waals surface area (Å²) in [6.07, 6.45) is 0.991. The van der Waals surface area contributed by atoms with E-state index in [-0.39, 0.29) is 17.7 Å². The molecule has 0 aliphatic carbocycles. The molecule has 1 aliphatic heterocycles. The number of anilines is 1. The van der Waals surface area contributed by atoms with E-state index in [9.17, 15) is 14.7 Å². The lowest BCUT2D eigenvalue weighted by Crippen LogP contribution is -2.43. The maximum absolute atomic E-state index is 12.3. The highest BCUT2D eigenvalue weighted by Gasteiger charge is 2.30. The fraction of sp³-hybridized carbons (Fsp3) is 0.579. The Bertz CT molecular complexity index is 593. The average molecular weight is 332 g/mol. The second kappa shape index (κ2) is 7.34. The molecule has 5 heteroatoms. The molecular formula is C19H28N2O3. The minimum absolute atomic E-state index is 0.134. The first-order valence-electron chi connectivity index (χ1n) is 8.59. The van der Waals surface area contributed by atoms with Gasteiger partial charge in [0.2, 0.25) is 5.91 Å². The number of nitrogens with one attached hydrogen (secondary N) is 1. The Labute approximate surface area is 144 Å². The number of carbonyl (C=O) groups excluding carboxylic acids is 2. The molecule has 0 saturated carbocycles. The topological polar surface area (TPSA) is 69.6 Å². The van der Waals surface area contributed by atoms with Crippen molar-refractivity contribution < 1.29 is 14.7 Å². The largest absolute Gasteiger partial charge is 0.392 e. The zero-order chi connectivity index (χ0) is 17.9. The lowest BCUT2D eigenvalue weighted by Gasteiger charge is -2.33. The molecule has 2 amide bonds. The molecule has 1 aromatic rings. The molecule has 24 heavy (non-hydrogen) atoms. The van der Waals surface area contributed by atoms with Crippen LogP contribution in [0.3, 0.4) is 0 Å². The van der Waals surface area contributed by atoms with Crippen molar-refractivity contribution in [2.75, 3.05) is 18.0 Å². The van der Waals surface area contributed by atoms with E-state index in [1.165, 1.54) is 0 Å². The molecule has 5 nitrogen and oxygen atoms in total. The Hall–Kier alpha value is -1.88. The molecule has 1 heterocycles. The summed E-state index contributed by atoms with van der Waals surface area (Å²) in [7, 11) is 0. The van der Waals surface area contributed by atoms with Gasteiger partial charge < -0.3 is 15.3 Å². The van der Waals surface area contributed by atoms with Gasteiger partial charge in [-0.15, -0.1) is 0 Å². The molecule has 1 saturated heterocycles. The van der Waals surface area contributed by atoms with Crippen LogP contribution in [0, 0.1) is 11.3 Å². The average Bonchev–Trinajstić information content (AvgIpc) is 2.98. The second-order valence-electron chi connectivity index (χ2n) is 7.56. The zero-order valence-corrected chi connectivity index (χ0v) is 15.0. The number of aliphatic hydroxyl groups is 1. The normalized spacial score (nSPS) is 16.6. The lowest BCUT2D eigenvalue weighted by atomic mass is 9.80. The highest BCUT2D eigenvalue weighted by molar-refractivity contribution is 5.97. The van der Waals surface area contributed by atoms with Crippen molar-refractivity contribution in [1.29, 1.82) is 0 Å². The minimum Gasteiger partial charge on any atom is -0.392 e. The van der Waals surface area contributed by atoms with Gasteiger partial charge in [0.05, 0.1) is 6.10 Å². The fourth-order valence-corrected chi connectivity index (χ4v) is 3.13. The molecule has 2 N–H and O–H groups in total. The molecule has 2 rings (SSSR count). The molecule has 1 fully saturated rings. The van der Waals surface area contributed by atoms with Gasteiger partial charge in [-0.1, -0.05) is 27.7 Å². The van der Waals surface area contributed by atoms with Crippen LogP contribution in [0.25, 0.3) is 0 Å². The van der Waals surface area contributed by atoms with Crippen molar-refractivity contribution in [3.8, 4) is 0 Å². The van der Waals surface area contributed by atoms with Gasteiger partial charge in [-0.25, -0.2) is 0 Å². The van der Waals surface area contributed by atoms with Crippen LogP contribution in [0.15, 0.2) is 24.3 Å². The third-order valence-corrected chi connectivity index (χ3v) is 4.65. The van der Waals surface area contributed by atoms with Gasteiger partial charge in [0.1, 0.15) is 0 Å².